The molecule has 2 heterocycles. The predicted molar refractivity (Wildman–Crippen MR) is 86.9 cm³/mol. The third-order valence-electron chi connectivity index (χ3n) is 4.37. The molecule has 1 aromatic heterocycles. The van der Waals surface area contributed by atoms with Crippen molar-refractivity contribution in [3.05, 3.63) is 46.2 Å². The Hall–Kier alpha value is -2.14. The third kappa shape index (κ3) is 3.04. The zero-order valence-corrected chi connectivity index (χ0v) is 12.8. The van der Waals surface area contributed by atoms with E-state index in [0.29, 0.717) is 29.3 Å². The number of rotatable bonds is 3. The molecule has 0 saturated carbocycles. The first-order valence-electron chi connectivity index (χ1n) is 7.79. The molecule has 116 valence electrons. The van der Waals surface area contributed by atoms with Crippen molar-refractivity contribution in [1.82, 2.24) is 15.2 Å². The number of nitrogens with zero attached hydrogens (tertiary/aromatic N) is 1. The Labute approximate surface area is 129 Å². The number of piperidine rings is 1. The van der Waals surface area contributed by atoms with E-state index in [1.54, 1.807) is 12.1 Å². The number of likely N-dealkylation sites (tertiary alicyclic amines) is 1. The number of aromatic nitrogens is 1. The summed E-state index contributed by atoms with van der Waals surface area (Å²) in [6.07, 6.45) is 3.60. The largest absolute Gasteiger partial charge is 0.350 e. The number of nitrogens with one attached hydrogen (secondary N) is 2. The Morgan fingerprint density at radius 3 is 3.00 bits per heavy atom. The number of benzene rings is 1. The molecule has 0 spiro atoms. The second-order valence-electron chi connectivity index (χ2n) is 5.91. The first-order valence-corrected chi connectivity index (χ1v) is 7.79. The van der Waals surface area contributed by atoms with Gasteiger partial charge in [0.1, 0.15) is 5.69 Å². The van der Waals surface area contributed by atoms with Crippen molar-refractivity contribution >= 4 is 16.8 Å². The van der Waals surface area contributed by atoms with Gasteiger partial charge in [0.25, 0.3) is 5.91 Å². The molecule has 0 bridgehead atoms. The molecular formula is C17H21N3O2. The molecule has 2 aromatic rings. The Kier molecular flexibility index (Phi) is 4.24. The number of carbonyl (C=O) groups is 1. The van der Waals surface area contributed by atoms with Crippen molar-refractivity contribution in [3.8, 4) is 0 Å². The molecule has 1 fully saturated rings. The highest BCUT2D eigenvalue weighted by Crippen LogP contribution is 2.15. The predicted octanol–water partition coefficient (Wildman–Crippen LogP) is 2.09. The van der Waals surface area contributed by atoms with Gasteiger partial charge in [0.15, 0.2) is 5.43 Å². The normalized spacial score (nSPS) is 19.2. The molecule has 3 rings (SSSR count). The van der Waals surface area contributed by atoms with Gasteiger partial charge in [-0.25, -0.2) is 0 Å². The smallest absolute Gasteiger partial charge is 0.268 e. The zero-order valence-electron chi connectivity index (χ0n) is 12.8. The van der Waals surface area contributed by atoms with E-state index in [4.69, 9.17) is 0 Å². The summed E-state index contributed by atoms with van der Waals surface area (Å²) in [5.41, 5.74) is 0.866. The average molecular weight is 299 g/mol. The molecule has 1 atom stereocenters. The van der Waals surface area contributed by atoms with Crippen LogP contribution in [0.15, 0.2) is 35.1 Å². The molecule has 2 N–H and O–H groups in total. The zero-order chi connectivity index (χ0) is 15.5. The number of fused-ring (bicyclic) bond motifs is 1. The van der Waals surface area contributed by atoms with Crippen molar-refractivity contribution in [2.24, 2.45) is 0 Å². The fraction of sp³-hybridized carbons (Fsp3) is 0.412. The van der Waals surface area contributed by atoms with E-state index in [2.05, 4.69) is 22.1 Å². The molecule has 0 radical (unpaired) electrons. The van der Waals surface area contributed by atoms with Crippen LogP contribution in [-0.4, -0.2) is 35.0 Å². The van der Waals surface area contributed by atoms with Crippen molar-refractivity contribution < 1.29 is 4.79 Å². The van der Waals surface area contributed by atoms with Crippen LogP contribution < -0.4 is 10.7 Å². The minimum absolute atomic E-state index is 0.133. The molecule has 1 aromatic carbocycles. The number of H-pyrrole nitrogens is 1. The molecule has 0 aliphatic carbocycles. The SMILES string of the molecule is CC1CCCCN1CNC(=O)c1cc(=O)c2ccccc2[nH]1. The minimum atomic E-state index is -0.236. The lowest BCUT2D eigenvalue weighted by atomic mass is 10.0. The second kappa shape index (κ2) is 6.32. The van der Waals surface area contributed by atoms with E-state index in [-0.39, 0.29) is 11.3 Å². The molecule has 1 aliphatic rings. The molecular weight excluding hydrogens is 278 g/mol. The second-order valence-corrected chi connectivity index (χ2v) is 5.91. The molecule has 1 saturated heterocycles. The maximum atomic E-state index is 12.3. The summed E-state index contributed by atoms with van der Waals surface area (Å²) in [6, 6.07) is 9.08. The standard InChI is InChI=1S/C17H21N3O2/c1-12-6-4-5-9-20(12)11-18-17(22)15-10-16(21)13-7-2-3-8-14(13)19-15/h2-3,7-8,10,12H,4-6,9,11H2,1H3,(H,18,22)(H,19,21). The van der Waals surface area contributed by atoms with Crippen molar-refractivity contribution in [1.29, 1.82) is 0 Å². The topological polar surface area (TPSA) is 65.2 Å². The Bertz CT molecular complexity index is 738. The number of carbonyl (C=O) groups excluding carboxylic acids is 1. The van der Waals surface area contributed by atoms with E-state index in [1.165, 1.54) is 25.3 Å². The van der Waals surface area contributed by atoms with E-state index in [0.717, 1.165) is 6.54 Å². The third-order valence-corrected chi connectivity index (χ3v) is 4.37. The van der Waals surface area contributed by atoms with Crippen LogP contribution in [0.4, 0.5) is 0 Å². The van der Waals surface area contributed by atoms with Gasteiger partial charge in [-0.2, -0.15) is 0 Å². The van der Waals surface area contributed by atoms with Gasteiger partial charge in [-0.1, -0.05) is 18.6 Å². The van der Waals surface area contributed by atoms with Gasteiger partial charge >= 0.3 is 0 Å². The number of aromatic amines is 1. The molecule has 1 aliphatic heterocycles. The fourth-order valence-corrected chi connectivity index (χ4v) is 2.98. The van der Waals surface area contributed by atoms with Gasteiger partial charge in [0, 0.05) is 29.6 Å². The number of amides is 1. The Morgan fingerprint density at radius 1 is 1.36 bits per heavy atom. The van der Waals surface area contributed by atoms with Crippen LogP contribution in [0.3, 0.4) is 0 Å². The van der Waals surface area contributed by atoms with Crippen molar-refractivity contribution in [2.45, 2.75) is 32.2 Å². The summed E-state index contributed by atoms with van der Waals surface area (Å²) in [4.78, 5) is 29.6. The van der Waals surface area contributed by atoms with Crippen molar-refractivity contribution in [2.75, 3.05) is 13.2 Å². The minimum Gasteiger partial charge on any atom is -0.350 e. The maximum absolute atomic E-state index is 12.3. The van der Waals surface area contributed by atoms with Crippen LogP contribution in [0, 0.1) is 0 Å². The molecule has 1 amide bonds. The number of hydrogen-bond donors (Lipinski definition) is 2. The van der Waals surface area contributed by atoms with Gasteiger partial charge in [-0.15, -0.1) is 0 Å². The van der Waals surface area contributed by atoms with E-state index < -0.39 is 0 Å². The fourth-order valence-electron chi connectivity index (χ4n) is 2.98. The number of hydrogen-bond acceptors (Lipinski definition) is 3. The highest BCUT2D eigenvalue weighted by Gasteiger charge is 2.19. The summed E-state index contributed by atoms with van der Waals surface area (Å²) in [5.74, 6) is -0.236. The van der Waals surface area contributed by atoms with Gasteiger partial charge < -0.3 is 10.3 Å². The Balaban J connectivity index is 1.73. The van der Waals surface area contributed by atoms with E-state index in [1.807, 2.05) is 12.1 Å². The summed E-state index contributed by atoms with van der Waals surface area (Å²) in [6.45, 7) is 3.72. The highest BCUT2D eigenvalue weighted by atomic mass is 16.2. The lowest BCUT2D eigenvalue weighted by Crippen LogP contribution is -2.45. The lowest BCUT2D eigenvalue weighted by Gasteiger charge is -2.33. The number of para-hydroxylation sites is 1. The van der Waals surface area contributed by atoms with Gasteiger partial charge in [0.2, 0.25) is 0 Å². The van der Waals surface area contributed by atoms with Crippen LogP contribution in [0.2, 0.25) is 0 Å². The van der Waals surface area contributed by atoms with E-state index >= 15 is 0 Å². The number of pyridine rings is 1. The van der Waals surface area contributed by atoms with Crippen LogP contribution in [-0.2, 0) is 0 Å². The van der Waals surface area contributed by atoms with E-state index in [9.17, 15) is 9.59 Å². The lowest BCUT2D eigenvalue weighted by molar-refractivity contribution is 0.0875. The van der Waals surface area contributed by atoms with Gasteiger partial charge in [-0.3, -0.25) is 14.5 Å². The average Bonchev–Trinajstić information content (AvgIpc) is 2.54. The quantitative estimate of drug-likeness (QED) is 0.912. The molecule has 5 nitrogen and oxygen atoms in total. The summed E-state index contributed by atoms with van der Waals surface area (Å²) in [5, 5.41) is 3.51. The Morgan fingerprint density at radius 2 is 2.18 bits per heavy atom. The molecule has 22 heavy (non-hydrogen) atoms. The van der Waals surface area contributed by atoms with Crippen LogP contribution >= 0.6 is 0 Å². The monoisotopic (exact) mass is 299 g/mol. The van der Waals surface area contributed by atoms with Crippen LogP contribution in [0.1, 0.15) is 36.7 Å². The summed E-state index contributed by atoms with van der Waals surface area (Å²) in [7, 11) is 0. The van der Waals surface area contributed by atoms with Crippen LogP contribution in [0.5, 0.6) is 0 Å². The summed E-state index contributed by atoms with van der Waals surface area (Å²) >= 11 is 0. The molecule has 1 unspecified atom stereocenters. The first kappa shape index (κ1) is 14.8. The summed E-state index contributed by atoms with van der Waals surface area (Å²) < 4.78 is 0. The van der Waals surface area contributed by atoms with Gasteiger partial charge in [-0.05, 0) is 31.9 Å². The highest BCUT2D eigenvalue weighted by molar-refractivity contribution is 5.94. The first-order chi connectivity index (χ1) is 10.6. The van der Waals surface area contributed by atoms with Gasteiger partial charge in [0.05, 0.1) is 6.67 Å². The molecule has 5 heteroatoms. The van der Waals surface area contributed by atoms with Crippen molar-refractivity contribution in [3.63, 3.8) is 0 Å². The van der Waals surface area contributed by atoms with Crippen LogP contribution in [0.25, 0.3) is 10.9 Å². The maximum Gasteiger partial charge on any atom is 0.268 e.